The van der Waals surface area contributed by atoms with E-state index >= 15 is 0 Å². The molecule has 164 valence electrons. The monoisotopic (exact) mass is 432 g/mol. The van der Waals surface area contributed by atoms with Crippen molar-refractivity contribution in [3.05, 3.63) is 77.0 Å². The lowest BCUT2D eigenvalue weighted by molar-refractivity contribution is -0.124. The van der Waals surface area contributed by atoms with Gasteiger partial charge in [0.1, 0.15) is 0 Å². The van der Waals surface area contributed by atoms with E-state index < -0.39 is 5.91 Å². The Morgan fingerprint density at radius 3 is 2.69 bits per heavy atom. The van der Waals surface area contributed by atoms with Gasteiger partial charge >= 0.3 is 6.03 Å². The molecule has 4 rings (SSSR count). The number of para-hydroxylation sites is 1. The van der Waals surface area contributed by atoms with Gasteiger partial charge in [0, 0.05) is 37.1 Å². The summed E-state index contributed by atoms with van der Waals surface area (Å²) in [5.41, 5.74) is 5.62. The normalized spacial score (nSPS) is 14.2. The van der Waals surface area contributed by atoms with Crippen molar-refractivity contribution >= 4 is 34.8 Å². The van der Waals surface area contributed by atoms with Gasteiger partial charge in [-0.3, -0.25) is 19.7 Å². The maximum Gasteiger partial charge on any atom is 0.327 e. The van der Waals surface area contributed by atoms with Crippen LogP contribution in [0.1, 0.15) is 34.1 Å². The zero-order chi connectivity index (χ0) is 22.8. The van der Waals surface area contributed by atoms with Crippen LogP contribution in [0.4, 0.5) is 4.79 Å². The number of hydroxylamine groups is 1. The molecular weight excluding hydrogens is 408 g/mol. The molecule has 2 heterocycles. The van der Waals surface area contributed by atoms with Gasteiger partial charge in [0.25, 0.3) is 11.8 Å². The number of urea groups is 1. The summed E-state index contributed by atoms with van der Waals surface area (Å²) >= 11 is 0. The molecule has 2 aromatic carbocycles. The third-order valence-electron chi connectivity index (χ3n) is 5.71. The maximum atomic E-state index is 13.2. The fourth-order valence-electron chi connectivity index (χ4n) is 4.09. The van der Waals surface area contributed by atoms with Crippen LogP contribution in [0.2, 0.25) is 0 Å². The molecule has 0 saturated carbocycles. The first-order valence-electron chi connectivity index (χ1n) is 10.3. The number of rotatable bonds is 5. The summed E-state index contributed by atoms with van der Waals surface area (Å²) in [4.78, 5) is 40.1. The molecule has 1 aliphatic rings. The second-order valence-corrected chi connectivity index (χ2v) is 7.64. The van der Waals surface area contributed by atoms with E-state index in [2.05, 4.69) is 4.57 Å². The lowest BCUT2D eigenvalue weighted by Crippen LogP contribution is -2.41. The Morgan fingerprint density at radius 1 is 1.16 bits per heavy atom. The van der Waals surface area contributed by atoms with Gasteiger partial charge in [0.15, 0.2) is 0 Å². The molecule has 3 aromatic rings. The van der Waals surface area contributed by atoms with Crippen LogP contribution in [-0.2, 0) is 17.9 Å². The summed E-state index contributed by atoms with van der Waals surface area (Å²) in [6.07, 6.45) is 2.86. The second-order valence-electron chi connectivity index (χ2n) is 7.64. The number of imide groups is 1. The molecule has 8 heteroatoms. The lowest BCUT2D eigenvalue weighted by Gasteiger charge is -2.23. The van der Waals surface area contributed by atoms with E-state index in [1.165, 1.54) is 18.0 Å². The zero-order valence-electron chi connectivity index (χ0n) is 17.9. The van der Waals surface area contributed by atoms with Crippen LogP contribution in [0.15, 0.2) is 54.6 Å². The number of aromatic nitrogens is 1. The van der Waals surface area contributed by atoms with Gasteiger partial charge in [-0.2, -0.15) is 0 Å². The fourth-order valence-corrected chi connectivity index (χ4v) is 4.09. The van der Waals surface area contributed by atoms with Gasteiger partial charge in [-0.15, -0.1) is 0 Å². The molecule has 0 aliphatic carbocycles. The number of nitrogens with zero attached hydrogens (tertiary/aromatic N) is 3. The molecule has 0 bridgehead atoms. The van der Waals surface area contributed by atoms with Gasteiger partial charge in [-0.25, -0.2) is 10.3 Å². The van der Waals surface area contributed by atoms with E-state index in [0.29, 0.717) is 25.2 Å². The molecule has 8 nitrogen and oxygen atoms in total. The zero-order valence-corrected chi connectivity index (χ0v) is 17.9. The number of hydrogen-bond donors (Lipinski definition) is 2. The van der Waals surface area contributed by atoms with E-state index in [-0.39, 0.29) is 11.9 Å². The van der Waals surface area contributed by atoms with Gasteiger partial charge in [0.05, 0.1) is 17.8 Å². The van der Waals surface area contributed by atoms with Crippen molar-refractivity contribution in [3.63, 3.8) is 0 Å². The minimum atomic E-state index is -0.607. The summed E-state index contributed by atoms with van der Waals surface area (Å²) in [6, 6.07) is 15.1. The molecule has 0 fully saturated rings. The largest absolute Gasteiger partial charge is 0.338 e. The molecule has 0 unspecified atom stereocenters. The quantitative estimate of drug-likeness (QED) is 0.368. The Balaban J connectivity index is 1.82. The molecule has 0 radical (unpaired) electrons. The summed E-state index contributed by atoms with van der Waals surface area (Å²) in [7, 11) is 1.52. The van der Waals surface area contributed by atoms with Crippen molar-refractivity contribution in [3.8, 4) is 0 Å². The molecule has 1 aliphatic heterocycles. The first kappa shape index (κ1) is 21.3. The molecule has 4 amide bonds. The van der Waals surface area contributed by atoms with Crippen molar-refractivity contribution in [2.24, 2.45) is 0 Å². The standard InChI is InChI=1S/C24H24N4O4/c1-3-27-15-20-22(23(30)26(2)24(27)31)18-9-4-5-10-19(18)28(20)14-17-8-6-7-16(13-17)11-12-21(29)25-32/h4-13,32H,3,14-15H2,1-2H3,(H,25,29)/b12-11+. The maximum absolute atomic E-state index is 13.2. The van der Waals surface area contributed by atoms with Crippen LogP contribution in [0, 0.1) is 0 Å². The highest BCUT2D eigenvalue weighted by molar-refractivity contribution is 6.14. The lowest BCUT2D eigenvalue weighted by atomic mass is 10.1. The number of amides is 4. The van der Waals surface area contributed by atoms with E-state index in [1.807, 2.05) is 55.5 Å². The number of hydrogen-bond acceptors (Lipinski definition) is 4. The first-order chi connectivity index (χ1) is 15.4. The summed E-state index contributed by atoms with van der Waals surface area (Å²) in [5.74, 6) is -0.910. The van der Waals surface area contributed by atoms with E-state index in [0.717, 1.165) is 27.7 Å². The highest BCUT2D eigenvalue weighted by Crippen LogP contribution is 2.31. The Morgan fingerprint density at radius 2 is 1.94 bits per heavy atom. The van der Waals surface area contributed by atoms with E-state index in [1.54, 1.807) is 16.5 Å². The topological polar surface area (TPSA) is 94.9 Å². The highest BCUT2D eigenvalue weighted by Gasteiger charge is 2.34. The van der Waals surface area contributed by atoms with Gasteiger partial charge in [-0.05, 0) is 36.3 Å². The molecule has 0 saturated heterocycles. The number of benzene rings is 2. The van der Waals surface area contributed by atoms with Crippen LogP contribution >= 0.6 is 0 Å². The van der Waals surface area contributed by atoms with Crippen molar-refractivity contribution < 1.29 is 19.6 Å². The predicted octanol–water partition coefficient (Wildman–Crippen LogP) is 3.24. The van der Waals surface area contributed by atoms with Gasteiger partial charge in [-0.1, -0.05) is 36.4 Å². The number of carbonyl (C=O) groups is 3. The average Bonchev–Trinajstić information content (AvgIpc) is 3.07. The third-order valence-corrected chi connectivity index (χ3v) is 5.71. The molecule has 32 heavy (non-hydrogen) atoms. The predicted molar refractivity (Wildman–Crippen MR) is 120 cm³/mol. The third kappa shape index (κ3) is 3.76. The minimum absolute atomic E-state index is 0.303. The summed E-state index contributed by atoms with van der Waals surface area (Å²) < 4.78 is 2.08. The van der Waals surface area contributed by atoms with Crippen molar-refractivity contribution in [1.29, 1.82) is 0 Å². The second kappa shape index (κ2) is 8.68. The first-order valence-corrected chi connectivity index (χ1v) is 10.3. The Labute approximate surface area is 185 Å². The molecule has 0 atom stereocenters. The van der Waals surface area contributed by atoms with E-state index in [4.69, 9.17) is 5.21 Å². The molecule has 2 N–H and O–H groups in total. The Bertz CT molecular complexity index is 1240. The van der Waals surface area contributed by atoms with Crippen molar-refractivity contribution in [2.75, 3.05) is 13.6 Å². The van der Waals surface area contributed by atoms with Crippen LogP contribution in [0.5, 0.6) is 0 Å². The smallest absolute Gasteiger partial charge is 0.327 e. The average molecular weight is 432 g/mol. The molecule has 1 aromatic heterocycles. The number of nitrogens with one attached hydrogen (secondary N) is 1. The van der Waals surface area contributed by atoms with Gasteiger partial charge in [0.2, 0.25) is 0 Å². The summed E-state index contributed by atoms with van der Waals surface area (Å²) in [6.45, 7) is 3.22. The van der Waals surface area contributed by atoms with E-state index in [9.17, 15) is 14.4 Å². The number of carbonyl (C=O) groups excluding carboxylic acids is 3. The Kier molecular flexibility index (Phi) is 5.79. The van der Waals surface area contributed by atoms with Crippen LogP contribution < -0.4 is 5.48 Å². The minimum Gasteiger partial charge on any atom is -0.338 e. The van der Waals surface area contributed by atoms with Crippen LogP contribution in [0.3, 0.4) is 0 Å². The molecular formula is C24H24N4O4. The van der Waals surface area contributed by atoms with Crippen LogP contribution in [-0.4, -0.2) is 51.0 Å². The SMILES string of the molecule is CCN1Cc2c(c3ccccc3n2Cc2cccc(/C=C/C(=O)NO)c2)C(=O)N(C)C1=O. The Hall–Kier alpha value is -3.91. The fraction of sp³-hybridized carbons (Fsp3) is 0.208. The van der Waals surface area contributed by atoms with Crippen molar-refractivity contribution in [1.82, 2.24) is 19.8 Å². The number of fused-ring (bicyclic) bond motifs is 3. The van der Waals surface area contributed by atoms with Crippen molar-refractivity contribution in [2.45, 2.75) is 20.0 Å². The highest BCUT2D eigenvalue weighted by atomic mass is 16.5. The summed E-state index contributed by atoms with van der Waals surface area (Å²) in [5, 5.41) is 9.48. The van der Waals surface area contributed by atoms with Crippen LogP contribution in [0.25, 0.3) is 17.0 Å². The van der Waals surface area contributed by atoms with Gasteiger partial charge < -0.3 is 9.47 Å². The molecule has 0 spiro atoms.